The summed E-state index contributed by atoms with van der Waals surface area (Å²) in [6.07, 6.45) is 0. The number of rotatable bonds is 7. The minimum atomic E-state index is -0.216. The molecule has 0 amide bonds. The second-order valence-corrected chi connectivity index (χ2v) is 10.4. The van der Waals surface area contributed by atoms with E-state index in [1.54, 1.807) is 0 Å². The van der Waals surface area contributed by atoms with Crippen LogP contribution in [0.2, 0.25) is 0 Å². The summed E-state index contributed by atoms with van der Waals surface area (Å²) < 4.78 is 0. The summed E-state index contributed by atoms with van der Waals surface area (Å²) in [4.78, 5) is 5.25. The third-order valence-electron chi connectivity index (χ3n) is 7.09. The van der Waals surface area contributed by atoms with Crippen molar-refractivity contribution >= 4 is 16.5 Å². The van der Waals surface area contributed by atoms with Gasteiger partial charge in [-0.1, -0.05) is 142 Å². The molecule has 0 spiro atoms. The molecule has 1 atom stereocenters. The summed E-state index contributed by atoms with van der Waals surface area (Å²) >= 11 is 0. The topological polar surface area (TPSA) is 27.0 Å². The Morgan fingerprint density at radius 1 is 0.667 bits per heavy atom. The molecule has 42 heavy (non-hydrogen) atoms. The van der Waals surface area contributed by atoms with Gasteiger partial charge in [0, 0.05) is 31.5 Å². The summed E-state index contributed by atoms with van der Waals surface area (Å²) in [5.41, 5.74) is 8.94. The SMILES string of the molecule is CC.Cc1cccc(C(C)C)c1[N-]C(c1cccc(-c2[c-]ccc3ccccc23)n1)c1ccccc1C(C)C.[CH3-].[CH3-].[Hf]. The molecule has 2 nitrogen and oxygen atoms in total. The second kappa shape index (κ2) is 17.2. The number of aromatic nitrogens is 1. The number of hydrogen-bond donors (Lipinski definition) is 0. The largest absolute Gasteiger partial charge is 0.673 e. The van der Waals surface area contributed by atoms with Crippen LogP contribution >= 0.6 is 0 Å². The van der Waals surface area contributed by atoms with Crippen molar-refractivity contribution in [3.63, 3.8) is 0 Å². The molecular weight excluding hydrogens is 675 g/mol. The average molecular weight is 721 g/mol. The Balaban J connectivity index is 0.00000173. The van der Waals surface area contributed by atoms with Crippen molar-refractivity contribution in [2.24, 2.45) is 0 Å². The molecule has 0 saturated carbocycles. The molecule has 0 aliphatic heterocycles. The van der Waals surface area contributed by atoms with E-state index in [1.165, 1.54) is 27.6 Å². The van der Waals surface area contributed by atoms with Crippen LogP contribution in [-0.2, 0) is 25.8 Å². The number of hydrogen-bond acceptors (Lipinski definition) is 1. The van der Waals surface area contributed by atoms with Crippen LogP contribution in [0.15, 0.2) is 97.1 Å². The Hall–Kier alpha value is -3.04. The van der Waals surface area contributed by atoms with Gasteiger partial charge in [-0.05, 0) is 42.1 Å². The molecule has 5 rings (SSSR count). The first-order valence-electron chi connectivity index (χ1n) is 14.2. The monoisotopic (exact) mass is 722 g/mol. The molecule has 1 unspecified atom stereocenters. The van der Waals surface area contributed by atoms with Gasteiger partial charge in [-0.2, -0.15) is 0 Å². The fourth-order valence-electron chi connectivity index (χ4n) is 5.15. The molecule has 0 aliphatic carbocycles. The molecule has 0 bridgehead atoms. The zero-order valence-corrected chi connectivity index (χ0v) is 30.5. The predicted molar refractivity (Wildman–Crippen MR) is 181 cm³/mol. The van der Waals surface area contributed by atoms with Crippen molar-refractivity contribution in [1.29, 1.82) is 0 Å². The van der Waals surface area contributed by atoms with Gasteiger partial charge in [0.15, 0.2) is 0 Å². The van der Waals surface area contributed by atoms with E-state index in [1.807, 2.05) is 19.9 Å². The maximum atomic E-state index is 5.49. The molecule has 3 heteroatoms. The molecule has 1 heterocycles. The molecule has 1 aromatic heterocycles. The molecule has 0 aliphatic rings. The summed E-state index contributed by atoms with van der Waals surface area (Å²) in [6, 6.07) is 37.3. The van der Waals surface area contributed by atoms with Gasteiger partial charge in [0.2, 0.25) is 0 Å². The van der Waals surface area contributed by atoms with Crippen molar-refractivity contribution < 1.29 is 25.8 Å². The van der Waals surface area contributed by atoms with Gasteiger partial charge in [-0.15, -0.1) is 34.8 Å². The van der Waals surface area contributed by atoms with Crippen LogP contribution in [0.4, 0.5) is 5.69 Å². The third kappa shape index (κ3) is 8.07. The maximum Gasteiger partial charge on any atom is 0.0195 e. The van der Waals surface area contributed by atoms with Gasteiger partial charge < -0.3 is 25.2 Å². The van der Waals surface area contributed by atoms with Crippen molar-refractivity contribution in [3.05, 3.63) is 151 Å². The number of fused-ring (bicyclic) bond motifs is 1. The summed E-state index contributed by atoms with van der Waals surface area (Å²) in [6.45, 7) is 15.1. The van der Waals surface area contributed by atoms with Gasteiger partial charge in [-0.25, -0.2) is 0 Å². The first-order valence-corrected chi connectivity index (χ1v) is 14.2. The smallest absolute Gasteiger partial charge is 0.0195 e. The molecular formula is C39H46HfN2-4. The van der Waals surface area contributed by atoms with E-state index in [9.17, 15) is 0 Å². The first kappa shape index (κ1) is 37.0. The summed E-state index contributed by atoms with van der Waals surface area (Å²) in [7, 11) is 0. The molecule has 220 valence electrons. The second-order valence-electron chi connectivity index (χ2n) is 10.4. The van der Waals surface area contributed by atoms with E-state index < -0.39 is 0 Å². The Bertz CT molecular complexity index is 1530. The minimum Gasteiger partial charge on any atom is -0.673 e. The van der Waals surface area contributed by atoms with Crippen LogP contribution in [0.5, 0.6) is 0 Å². The zero-order chi connectivity index (χ0) is 27.9. The maximum absolute atomic E-state index is 5.49. The van der Waals surface area contributed by atoms with Gasteiger partial charge in [0.05, 0.1) is 0 Å². The molecule has 0 N–H and O–H groups in total. The number of pyridine rings is 1. The van der Waals surface area contributed by atoms with E-state index in [4.69, 9.17) is 10.3 Å². The Labute approximate surface area is 274 Å². The van der Waals surface area contributed by atoms with E-state index in [0.29, 0.717) is 11.8 Å². The summed E-state index contributed by atoms with van der Waals surface area (Å²) in [5.74, 6) is 0.758. The Morgan fingerprint density at radius 3 is 1.95 bits per heavy atom. The first-order chi connectivity index (χ1) is 18.9. The van der Waals surface area contributed by atoms with E-state index in [2.05, 4.69) is 132 Å². The van der Waals surface area contributed by atoms with Crippen LogP contribution in [-0.4, -0.2) is 4.98 Å². The Kier molecular flexibility index (Phi) is 15.1. The van der Waals surface area contributed by atoms with Crippen molar-refractivity contribution in [3.8, 4) is 11.3 Å². The number of benzene rings is 4. The van der Waals surface area contributed by atoms with E-state index in [-0.39, 0.29) is 46.7 Å². The predicted octanol–water partition coefficient (Wildman–Crippen LogP) is 12.0. The van der Waals surface area contributed by atoms with Gasteiger partial charge in [-0.3, -0.25) is 0 Å². The number of aryl methyl sites for hydroxylation is 1. The van der Waals surface area contributed by atoms with E-state index >= 15 is 0 Å². The fourth-order valence-corrected chi connectivity index (χ4v) is 5.15. The minimum absolute atomic E-state index is 0. The molecule has 4 aromatic carbocycles. The van der Waals surface area contributed by atoms with Gasteiger partial charge in [0.1, 0.15) is 0 Å². The van der Waals surface area contributed by atoms with Crippen LogP contribution < -0.4 is 0 Å². The zero-order valence-electron chi connectivity index (χ0n) is 26.9. The third-order valence-corrected chi connectivity index (χ3v) is 7.09. The standard InChI is InChI=1S/C35H34N2.C2H6.2CH3.Hf/c1-23(2)27-16-8-9-18-31(27)35(37-34-25(5)13-10-19-28(34)24(3)4)33-22-12-21-32(36-33)30-20-11-15-26-14-6-7-17-29(26)30;1-2;;;/h6-19,21-24,35H,1-5H3;1-2H3;2*1H3;/q-2;;2*-1;. The Morgan fingerprint density at radius 2 is 1.26 bits per heavy atom. The normalized spacial score (nSPS) is 11.0. The van der Waals surface area contributed by atoms with Crippen molar-refractivity contribution in [1.82, 2.24) is 4.98 Å². The van der Waals surface area contributed by atoms with Crippen LogP contribution in [0.25, 0.3) is 27.3 Å². The van der Waals surface area contributed by atoms with Crippen molar-refractivity contribution in [2.75, 3.05) is 0 Å². The average Bonchev–Trinajstić information content (AvgIpc) is 2.97. The molecule has 0 saturated heterocycles. The molecule has 5 aromatic rings. The van der Waals surface area contributed by atoms with Crippen LogP contribution in [0.1, 0.15) is 87.4 Å². The quantitative estimate of drug-likeness (QED) is 0.121. The number of para-hydroxylation sites is 1. The van der Waals surface area contributed by atoms with Gasteiger partial charge in [0.25, 0.3) is 0 Å². The summed E-state index contributed by atoms with van der Waals surface area (Å²) in [5, 5.41) is 7.84. The van der Waals surface area contributed by atoms with Crippen molar-refractivity contribution in [2.45, 2.75) is 66.3 Å². The molecule has 0 radical (unpaired) electrons. The molecule has 0 fully saturated rings. The number of nitrogens with zero attached hydrogens (tertiary/aromatic N) is 2. The van der Waals surface area contributed by atoms with Crippen LogP contribution in [0.3, 0.4) is 0 Å². The van der Waals surface area contributed by atoms with Gasteiger partial charge >= 0.3 is 0 Å². The van der Waals surface area contributed by atoms with E-state index in [0.717, 1.165) is 28.0 Å². The fraction of sp³-hybridized carbons (Fsp3) is 0.256. The van der Waals surface area contributed by atoms with Crippen LogP contribution in [0, 0.1) is 27.8 Å².